The summed E-state index contributed by atoms with van der Waals surface area (Å²) < 4.78 is 5.60. The number of benzene rings is 2. The lowest BCUT2D eigenvalue weighted by Gasteiger charge is -2.14. The standard InChI is InChI=1S/C18H14O3/c1-13(17-9-5-3-7-15(17)11-19)21-14(2)18-10-6-4-8-16(18)12-20/h3-12H,1-2H2. The third-order valence-electron chi connectivity index (χ3n) is 3.02. The average Bonchev–Trinajstić information content (AvgIpc) is 2.54. The van der Waals surface area contributed by atoms with Crippen molar-refractivity contribution in [1.29, 1.82) is 0 Å². The molecule has 0 unspecified atom stereocenters. The predicted molar refractivity (Wildman–Crippen MR) is 82.8 cm³/mol. The van der Waals surface area contributed by atoms with Gasteiger partial charge < -0.3 is 4.74 Å². The van der Waals surface area contributed by atoms with E-state index < -0.39 is 0 Å². The molecule has 0 radical (unpaired) electrons. The molecule has 0 aromatic heterocycles. The fourth-order valence-electron chi connectivity index (χ4n) is 1.97. The lowest BCUT2D eigenvalue weighted by atomic mass is 10.1. The van der Waals surface area contributed by atoms with E-state index in [1.807, 2.05) is 0 Å². The van der Waals surface area contributed by atoms with E-state index in [2.05, 4.69) is 13.2 Å². The van der Waals surface area contributed by atoms with Gasteiger partial charge in [0.25, 0.3) is 0 Å². The fraction of sp³-hybridized carbons (Fsp3) is 0. The molecule has 0 amide bonds. The highest BCUT2D eigenvalue weighted by atomic mass is 16.5. The molecule has 0 bridgehead atoms. The van der Waals surface area contributed by atoms with Gasteiger partial charge in [0, 0.05) is 22.3 Å². The summed E-state index contributed by atoms with van der Waals surface area (Å²) in [6, 6.07) is 13.9. The van der Waals surface area contributed by atoms with Crippen molar-refractivity contribution in [3.05, 3.63) is 83.9 Å². The maximum absolute atomic E-state index is 11.0. The van der Waals surface area contributed by atoms with E-state index in [-0.39, 0.29) is 0 Å². The topological polar surface area (TPSA) is 43.4 Å². The van der Waals surface area contributed by atoms with Crippen molar-refractivity contribution >= 4 is 24.1 Å². The average molecular weight is 278 g/mol. The zero-order chi connectivity index (χ0) is 15.2. The second-order valence-corrected chi connectivity index (χ2v) is 4.36. The fourth-order valence-corrected chi connectivity index (χ4v) is 1.97. The Morgan fingerprint density at radius 3 is 1.52 bits per heavy atom. The van der Waals surface area contributed by atoms with Gasteiger partial charge in [-0.25, -0.2) is 0 Å². The number of aldehydes is 2. The van der Waals surface area contributed by atoms with Crippen LogP contribution in [-0.2, 0) is 4.74 Å². The zero-order valence-electron chi connectivity index (χ0n) is 11.4. The molecule has 104 valence electrons. The minimum atomic E-state index is 0.309. The molecule has 0 atom stereocenters. The number of carbonyl (C=O) groups excluding carboxylic acids is 2. The maximum Gasteiger partial charge on any atom is 0.150 e. The van der Waals surface area contributed by atoms with Crippen molar-refractivity contribution < 1.29 is 14.3 Å². The molecule has 0 aliphatic heterocycles. The van der Waals surface area contributed by atoms with E-state index in [1.54, 1.807) is 48.5 Å². The molecular weight excluding hydrogens is 264 g/mol. The van der Waals surface area contributed by atoms with Crippen LogP contribution in [-0.4, -0.2) is 12.6 Å². The summed E-state index contributed by atoms with van der Waals surface area (Å²) in [4.78, 5) is 22.0. The first kappa shape index (κ1) is 14.5. The Hall–Kier alpha value is -2.94. The summed E-state index contributed by atoms with van der Waals surface area (Å²) in [5.41, 5.74) is 2.16. The van der Waals surface area contributed by atoms with E-state index in [4.69, 9.17) is 4.74 Å². The van der Waals surface area contributed by atoms with Crippen molar-refractivity contribution in [3.8, 4) is 0 Å². The Balaban J connectivity index is 2.25. The molecule has 3 heteroatoms. The molecular formula is C18H14O3. The van der Waals surface area contributed by atoms with Crippen LogP contribution >= 0.6 is 0 Å². The largest absolute Gasteiger partial charge is 0.457 e. The Bertz CT molecular complexity index is 652. The first-order chi connectivity index (χ1) is 10.2. The highest BCUT2D eigenvalue weighted by Gasteiger charge is 2.11. The third kappa shape index (κ3) is 3.15. The van der Waals surface area contributed by atoms with E-state index in [0.717, 1.165) is 12.6 Å². The van der Waals surface area contributed by atoms with E-state index in [1.165, 1.54) is 0 Å². The van der Waals surface area contributed by atoms with Gasteiger partial charge in [-0.1, -0.05) is 61.7 Å². The van der Waals surface area contributed by atoms with Crippen molar-refractivity contribution in [3.63, 3.8) is 0 Å². The van der Waals surface area contributed by atoms with Gasteiger partial charge in [0.05, 0.1) is 0 Å². The number of hydrogen-bond donors (Lipinski definition) is 0. The molecule has 2 aromatic rings. The van der Waals surface area contributed by atoms with Crippen LogP contribution in [0.3, 0.4) is 0 Å². The molecule has 0 heterocycles. The highest BCUT2D eigenvalue weighted by Crippen LogP contribution is 2.25. The lowest BCUT2D eigenvalue weighted by molar-refractivity contribution is 0.111. The second kappa shape index (κ2) is 6.48. The van der Waals surface area contributed by atoms with Gasteiger partial charge in [-0.3, -0.25) is 9.59 Å². The van der Waals surface area contributed by atoms with Crippen molar-refractivity contribution in [2.45, 2.75) is 0 Å². The van der Waals surface area contributed by atoms with Gasteiger partial charge in [0.2, 0.25) is 0 Å². The van der Waals surface area contributed by atoms with Crippen LogP contribution in [0.5, 0.6) is 0 Å². The van der Waals surface area contributed by atoms with Gasteiger partial charge in [-0.15, -0.1) is 0 Å². The molecule has 0 aliphatic rings. The number of carbonyl (C=O) groups is 2. The molecule has 3 nitrogen and oxygen atoms in total. The second-order valence-electron chi connectivity index (χ2n) is 4.36. The van der Waals surface area contributed by atoms with Crippen molar-refractivity contribution in [2.75, 3.05) is 0 Å². The molecule has 0 saturated heterocycles. The first-order valence-electron chi connectivity index (χ1n) is 6.32. The Labute approximate surface area is 123 Å². The maximum atomic E-state index is 11.0. The number of ether oxygens (including phenoxy) is 1. The van der Waals surface area contributed by atoms with E-state index in [0.29, 0.717) is 33.8 Å². The smallest absolute Gasteiger partial charge is 0.150 e. The van der Waals surface area contributed by atoms with Crippen LogP contribution in [0.25, 0.3) is 11.5 Å². The number of rotatable bonds is 6. The Morgan fingerprint density at radius 2 is 1.14 bits per heavy atom. The van der Waals surface area contributed by atoms with Crippen LogP contribution in [0.2, 0.25) is 0 Å². The molecule has 0 spiro atoms. The molecule has 21 heavy (non-hydrogen) atoms. The predicted octanol–water partition coefficient (Wildman–Crippen LogP) is 3.97. The summed E-state index contributed by atoms with van der Waals surface area (Å²) in [6.07, 6.45) is 1.48. The molecule has 0 N–H and O–H groups in total. The summed E-state index contributed by atoms with van der Waals surface area (Å²) in [7, 11) is 0. The van der Waals surface area contributed by atoms with Crippen LogP contribution in [0.1, 0.15) is 31.8 Å². The van der Waals surface area contributed by atoms with Crippen LogP contribution in [0.15, 0.2) is 61.7 Å². The Morgan fingerprint density at radius 1 is 0.762 bits per heavy atom. The highest BCUT2D eigenvalue weighted by molar-refractivity contribution is 5.87. The lowest BCUT2D eigenvalue weighted by Crippen LogP contribution is -1.97. The minimum absolute atomic E-state index is 0.309. The van der Waals surface area contributed by atoms with Gasteiger partial charge in [-0.2, -0.15) is 0 Å². The van der Waals surface area contributed by atoms with Crippen LogP contribution in [0, 0.1) is 0 Å². The molecule has 0 aliphatic carbocycles. The summed E-state index contributed by atoms with van der Waals surface area (Å²) in [5, 5.41) is 0. The molecule has 2 rings (SSSR count). The van der Waals surface area contributed by atoms with Crippen molar-refractivity contribution in [2.24, 2.45) is 0 Å². The Kier molecular flexibility index (Phi) is 4.46. The van der Waals surface area contributed by atoms with Gasteiger partial charge in [-0.05, 0) is 0 Å². The quantitative estimate of drug-likeness (QED) is 0.593. The van der Waals surface area contributed by atoms with E-state index in [9.17, 15) is 9.59 Å². The van der Waals surface area contributed by atoms with Crippen LogP contribution in [0.4, 0.5) is 0 Å². The van der Waals surface area contributed by atoms with Gasteiger partial charge >= 0.3 is 0 Å². The van der Waals surface area contributed by atoms with Gasteiger partial charge in [0.15, 0.2) is 12.6 Å². The minimum Gasteiger partial charge on any atom is -0.457 e. The third-order valence-corrected chi connectivity index (χ3v) is 3.02. The van der Waals surface area contributed by atoms with Gasteiger partial charge in [0.1, 0.15) is 11.5 Å². The van der Waals surface area contributed by atoms with Crippen LogP contribution < -0.4 is 0 Å². The summed E-state index contributed by atoms with van der Waals surface area (Å²) in [6.45, 7) is 7.65. The molecule has 2 aromatic carbocycles. The zero-order valence-corrected chi connectivity index (χ0v) is 11.4. The van der Waals surface area contributed by atoms with E-state index >= 15 is 0 Å². The summed E-state index contributed by atoms with van der Waals surface area (Å²) in [5.74, 6) is 0.617. The molecule has 0 fully saturated rings. The SMILES string of the molecule is C=C(OC(=C)c1ccccc1C=O)c1ccccc1C=O. The normalized spacial score (nSPS) is 9.71. The molecule has 0 saturated carbocycles. The first-order valence-corrected chi connectivity index (χ1v) is 6.32. The number of hydrogen-bond acceptors (Lipinski definition) is 3. The van der Waals surface area contributed by atoms with Crippen molar-refractivity contribution in [1.82, 2.24) is 0 Å². The summed E-state index contributed by atoms with van der Waals surface area (Å²) >= 11 is 0. The monoisotopic (exact) mass is 278 g/mol.